The highest BCUT2D eigenvalue weighted by Gasteiger charge is 2.10. The first-order valence-electron chi connectivity index (χ1n) is 8.62. The van der Waals surface area contributed by atoms with Crippen molar-refractivity contribution in [3.05, 3.63) is 76.2 Å². The second-order valence-corrected chi connectivity index (χ2v) is 6.29. The van der Waals surface area contributed by atoms with Gasteiger partial charge in [-0.15, -0.1) is 0 Å². The van der Waals surface area contributed by atoms with Crippen molar-refractivity contribution in [3.8, 4) is 11.4 Å². The Morgan fingerprint density at radius 3 is 2.71 bits per heavy atom. The maximum Gasteiger partial charge on any atom is 0.292 e. The molecule has 144 valence electrons. The fourth-order valence-electron chi connectivity index (χ4n) is 2.53. The summed E-state index contributed by atoms with van der Waals surface area (Å²) in [6, 6.07) is 16.2. The number of carbonyl (C=O) groups excluding carboxylic acids is 1. The molecule has 0 aliphatic heterocycles. The number of ether oxygens (including phenoxy) is 1. The van der Waals surface area contributed by atoms with E-state index in [2.05, 4.69) is 15.7 Å². The van der Waals surface area contributed by atoms with Gasteiger partial charge in [0.2, 0.25) is 5.91 Å². The third-order valence-corrected chi connectivity index (χ3v) is 4.13. The Kier molecular flexibility index (Phi) is 6.29. The zero-order valence-electron chi connectivity index (χ0n) is 15.2. The average molecular weight is 399 g/mol. The van der Waals surface area contributed by atoms with Crippen molar-refractivity contribution in [1.82, 2.24) is 9.78 Å². The van der Waals surface area contributed by atoms with Gasteiger partial charge in [0.05, 0.1) is 17.6 Å². The molecule has 8 heteroatoms. The van der Waals surface area contributed by atoms with Crippen molar-refractivity contribution in [2.24, 2.45) is 0 Å². The molecule has 1 heterocycles. The molecule has 1 amide bonds. The summed E-state index contributed by atoms with van der Waals surface area (Å²) in [7, 11) is 0. The molecular weight excluding hydrogens is 380 g/mol. The molecule has 0 bridgehead atoms. The van der Waals surface area contributed by atoms with Crippen molar-refractivity contribution in [2.75, 3.05) is 23.8 Å². The van der Waals surface area contributed by atoms with E-state index in [1.807, 2.05) is 18.2 Å². The third kappa shape index (κ3) is 4.89. The molecule has 0 aliphatic carbocycles. The number of anilines is 2. The van der Waals surface area contributed by atoms with Gasteiger partial charge in [-0.3, -0.25) is 9.59 Å². The molecule has 0 unspecified atom stereocenters. The lowest BCUT2D eigenvalue weighted by Gasteiger charge is -2.12. The van der Waals surface area contributed by atoms with E-state index in [4.69, 9.17) is 16.3 Å². The fraction of sp³-hybridized carbons (Fsp3) is 0.150. The Bertz CT molecular complexity index is 1020. The van der Waals surface area contributed by atoms with E-state index >= 15 is 0 Å². The maximum absolute atomic E-state index is 12.4. The minimum absolute atomic E-state index is 0.0616. The van der Waals surface area contributed by atoms with Crippen LogP contribution in [0.25, 0.3) is 5.69 Å². The normalized spacial score (nSPS) is 10.4. The molecule has 0 saturated carbocycles. The van der Waals surface area contributed by atoms with Crippen LogP contribution in [0, 0.1) is 0 Å². The summed E-state index contributed by atoms with van der Waals surface area (Å²) in [6.45, 7) is 2.20. The number of para-hydroxylation sites is 1. The summed E-state index contributed by atoms with van der Waals surface area (Å²) in [4.78, 5) is 23.5. The van der Waals surface area contributed by atoms with E-state index in [1.165, 1.54) is 17.8 Å². The van der Waals surface area contributed by atoms with Crippen LogP contribution in [-0.4, -0.2) is 28.8 Å². The monoisotopic (exact) mass is 398 g/mol. The number of amides is 1. The standard InChI is InChI=1S/C20H19ClN4O3/c1-14(26)24-15-6-5-9-17(12-15)28-11-10-22-18-13-23-25(20(27)19(18)21)16-7-3-2-4-8-16/h2-9,12-13,22H,10-11H2,1H3,(H,24,26). The molecule has 0 aliphatic rings. The second-order valence-electron chi connectivity index (χ2n) is 5.91. The number of rotatable bonds is 7. The lowest BCUT2D eigenvalue weighted by Crippen LogP contribution is -2.23. The molecule has 0 spiro atoms. The SMILES string of the molecule is CC(=O)Nc1cccc(OCCNc2cnn(-c3ccccc3)c(=O)c2Cl)c1. The Morgan fingerprint density at radius 1 is 1.18 bits per heavy atom. The molecule has 0 radical (unpaired) electrons. The number of benzene rings is 2. The van der Waals surface area contributed by atoms with E-state index in [0.29, 0.717) is 36.0 Å². The first-order valence-corrected chi connectivity index (χ1v) is 9.00. The lowest BCUT2D eigenvalue weighted by atomic mass is 10.3. The van der Waals surface area contributed by atoms with Crippen molar-refractivity contribution < 1.29 is 9.53 Å². The van der Waals surface area contributed by atoms with Crippen LogP contribution >= 0.6 is 11.6 Å². The van der Waals surface area contributed by atoms with Gasteiger partial charge in [-0.2, -0.15) is 9.78 Å². The van der Waals surface area contributed by atoms with Crippen LogP contribution in [0.3, 0.4) is 0 Å². The lowest BCUT2D eigenvalue weighted by molar-refractivity contribution is -0.114. The van der Waals surface area contributed by atoms with Gasteiger partial charge in [0, 0.05) is 25.2 Å². The highest BCUT2D eigenvalue weighted by atomic mass is 35.5. The molecule has 0 saturated heterocycles. The van der Waals surface area contributed by atoms with Crippen LogP contribution in [0.4, 0.5) is 11.4 Å². The molecule has 3 aromatic rings. The highest BCUT2D eigenvalue weighted by Crippen LogP contribution is 2.18. The predicted octanol–water partition coefficient (Wildman–Crippen LogP) is 3.34. The van der Waals surface area contributed by atoms with Gasteiger partial charge in [0.25, 0.3) is 5.56 Å². The number of nitrogens with one attached hydrogen (secondary N) is 2. The van der Waals surface area contributed by atoms with E-state index in [1.54, 1.807) is 36.4 Å². The van der Waals surface area contributed by atoms with Gasteiger partial charge in [0.15, 0.2) is 0 Å². The summed E-state index contributed by atoms with van der Waals surface area (Å²) in [6.07, 6.45) is 1.51. The molecule has 2 N–H and O–H groups in total. The van der Waals surface area contributed by atoms with Gasteiger partial charge < -0.3 is 15.4 Å². The van der Waals surface area contributed by atoms with Crippen LogP contribution in [0.2, 0.25) is 5.02 Å². The number of carbonyl (C=O) groups is 1. The zero-order chi connectivity index (χ0) is 19.9. The zero-order valence-corrected chi connectivity index (χ0v) is 15.9. The molecule has 1 aromatic heterocycles. The van der Waals surface area contributed by atoms with Gasteiger partial charge in [0.1, 0.15) is 17.4 Å². The number of hydrogen-bond donors (Lipinski definition) is 2. The summed E-state index contributed by atoms with van der Waals surface area (Å²) >= 11 is 6.20. The second kappa shape index (κ2) is 9.05. The Morgan fingerprint density at radius 2 is 1.96 bits per heavy atom. The maximum atomic E-state index is 12.4. The number of nitrogens with zero attached hydrogens (tertiary/aromatic N) is 2. The molecule has 2 aromatic carbocycles. The van der Waals surface area contributed by atoms with Gasteiger partial charge in [-0.25, -0.2) is 0 Å². The van der Waals surface area contributed by atoms with Crippen LogP contribution in [0.15, 0.2) is 65.6 Å². The third-order valence-electron chi connectivity index (χ3n) is 3.76. The van der Waals surface area contributed by atoms with Crippen molar-refractivity contribution in [3.63, 3.8) is 0 Å². The van der Waals surface area contributed by atoms with Crippen LogP contribution in [0.5, 0.6) is 5.75 Å². The molecule has 28 heavy (non-hydrogen) atoms. The van der Waals surface area contributed by atoms with E-state index < -0.39 is 5.56 Å². The van der Waals surface area contributed by atoms with E-state index in [-0.39, 0.29) is 10.9 Å². The smallest absolute Gasteiger partial charge is 0.292 e. The number of halogens is 1. The molecule has 0 atom stereocenters. The molecule has 0 fully saturated rings. The van der Waals surface area contributed by atoms with Gasteiger partial charge in [-0.05, 0) is 24.3 Å². The first kappa shape index (κ1) is 19.4. The number of hydrogen-bond acceptors (Lipinski definition) is 5. The van der Waals surface area contributed by atoms with Crippen molar-refractivity contribution in [1.29, 1.82) is 0 Å². The minimum atomic E-state index is -0.401. The Balaban J connectivity index is 1.59. The summed E-state index contributed by atoms with van der Waals surface area (Å²) < 4.78 is 6.90. The highest BCUT2D eigenvalue weighted by molar-refractivity contribution is 6.32. The van der Waals surface area contributed by atoms with Gasteiger partial charge >= 0.3 is 0 Å². The van der Waals surface area contributed by atoms with E-state index in [9.17, 15) is 9.59 Å². The number of aromatic nitrogens is 2. The molecular formula is C20H19ClN4O3. The van der Waals surface area contributed by atoms with Crippen molar-refractivity contribution in [2.45, 2.75) is 6.92 Å². The van der Waals surface area contributed by atoms with Gasteiger partial charge in [-0.1, -0.05) is 35.9 Å². The van der Waals surface area contributed by atoms with Crippen LogP contribution < -0.4 is 20.9 Å². The molecule has 7 nitrogen and oxygen atoms in total. The fourth-order valence-corrected chi connectivity index (χ4v) is 2.73. The summed E-state index contributed by atoms with van der Waals surface area (Å²) in [5, 5.41) is 9.97. The average Bonchev–Trinajstić information content (AvgIpc) is 2.69. The summed E-state index contributed by atoms with van der Waals surface area (Å²) in [5.41, 5.74) is 1.34. The first-order chi connectivity index (χ1) is 13.5. The van der Waals surface area contributed by atoms with Crippen LogP contribution in [-0.2, 0) is 4.79 Å². The van der Waals surface area contributed by atoms with Crippen molar-refractivity contribution >= 4 is 28.9 Å². The Hall–Kier alpha value is -3.32. The Labute approximate surface area is 166 Å². The molecule has 3 rings (SSSR count). The predicted molar refractivity (Wildman–Crippen MR) is 110 cm³/mol. The quantitative estimate of drug-likeness (QED) is 0.596. The minimum Gasteiger partial charge on any atom is -0.492 e. The van der Waals surface area contributed by atoms with E-state index in [0.717, 1.165) is 0 Å². The summed E-state index contributed by atoms with van der Waals surface area (Å²) in [5.74, 6) is 0.475. The topological polar surface area (TPSA) is 85.2 Å². The largest absolute Gasteiger partial charge is 0.492 e. The van der Waals surface area contributed by atoms with Crippen LogP contribution in [0.1, 0.15) is 6.92 Å².